The molecule has 4 atom stereocenters. The average molecular weight is 585 g/mol. The third-order valence-corrected chi connectivity index (χ3v) is 9.72. The number of pyridine rings is 1. The summed E-state index contributed by atoms with van der Waals surface area (Å²) in [6.07, 6.45) is -0.115. The van der Waals surface area contributed by atoms with Gasteiger partial charge in [0, 0.05) is 25.3 Å². The molecule has 212 valence electrons. The molecule has 1 aliphatic rings. The molecule has 0 aliphatic heterocycles. The summed E-state index contributed by atoms with van der Waals surface area (Å²) in [5, 5.41) is 37.6. The predicted molar refractivity (Wildman–Crippen MR) is 155 cm³/mol. The van der Waals surface area contributed by atoms with E-state index in [-0.39, 0.29) is 30.6 Å². The van der Waals surface area contributed by atoms with E-state index >= 15 is 0 Å². The number of hydrogen-bond acceptors (Lipinski definition) is 12. The molecule has 0 saturated heterocycles. The Hall–Kier alpha value is -3.23. The van der Waals surface area contributed by atoms with Crippen LogP contribution in [0.2, 0.25) is 0 Å². The molecule has 5 N–H and O–H groups in total. The molecular weight excluding hydrogens is 552 g/mol. The summed E-state index contributed by atoms with van der Waals surface area (Å²) in [7, 11) is -3.37. The Morgan fingerprint density at radius 3 is 2.50 bits per heavy atom. The van der Waals surface area contributed by atoms with Crippen molar-refractivity contribution >= 4 is 43.2 Å². The van der Waals surface area contributed by atoms with Crippen molar-refractivity contribution in [2.45, 2.75) is 44.3 Å². The van der Waals surface area contributed by atoms with E-state index in [1.165, 1.54) is 11.3 Å². The van der Waals surface area contributed by atoms with E-state index in [1.807, 2.05) is 38.1 Å². The van der Waals surface area contributed by atoms with Gasteiger partial charge in [0.1, 0.15) is 22.4 Å². The van der Waals surface area contributed by atoms with Crippen molar-refractivity contribution in [2.75, 3.05) is 29.5 Å². The fourth-order valence-corrected chi connectivity index (χ4v) is 7.31. The lowest BCUT2D eigenvalue weighted by Crippen LogP contribution is -2.35. The second-order valence-corrected chi connectivity index (χ2v) is 13.2. The molecule has 3 aromatic heterocycles. The molecule has 1 unspecified atom stereocenters. The number of hydrogen-bond donors (Lipinski definition) is 5. The number of sulfone groups is 1. The Balaban J connectivity index is 1.42. The van der Waals surface area contributed by atoms with Gasteiger partial charge in [-0.3, -0.25) is 4.98 Å². The normalized spacial score (nSPS) is 21.1. The minimum absolute atomic E-state index is 0.0546. The summed E-state index contributed by atoms with van der Waals surface area (Å²) < 4.78 is 26.3. The van der Waals surface area contributed by atoms with Crippen LogP contribution in [-0.2, 0) is 15.6 Å². The first kappa shape index (κ1) is 28.3. The van der Waals surface area contributed by atoms with Gasteiger partial charge in [0.15, 0.2) is 9.84 Å². The zero-order valence-electron chi connectivity index (χ0n) is 22.1. The quantitative estimate of drug-likeness (QED) is 0.185. The molecule has 11 nitrogen and oxygen atoms in total. The highest BCUT2D eigenvalue weighted by Gasteiger charge is 2.41. The number of rotatable bonds is 10. The Labute approximate surface area is 236 Å². The maximum absolute atomic E-state index is 12.7. The molecule has 0 bridgehead atoms. The van der Waals surface area contributed by atoms with Crippen LogP contribution in [0.4, 0.5) is 11.8 Å². The van der Waals surface area contributed by atoms with Crippen LogP contribution < -0.4 is 10.6 Å². The Morgan fingerprint density at radius 1 is 1.02 bits per heavy atom. The summed E-state index contributed by atoms with van der Waals surface area (Å²) in [5.41, 5.74) is 3.53. The molecule has 0 spiro atoms. The van der Waals surface area contributed by atoms with Crippen molar-refractivity contribution in [1.29, 1.82) is 0 Å². The van der Waals surface area contributed by atoms with Gasteiger partial charge in [-0.15, -0.1) is 11.3 Å². The first-order valence-corrected chi connectivity index (χ1v) is 15.6. The molecule has 0 radical (unpaired) electrons. The largest absolute Gasteiger partial charge is 0.396 e. The van der Waals surface area contributed by atoms with Crippen molar-refractivity contribution in [3.05, 3.63) is 59.5 Å². The third-order valence-electron chi connectivity index (χ3n) is 7.08. The zero-order chi connectivity index (χ0) is 28.4. The minimum Gasteiger partial charge on any atom is -0.396 e. The number of thiazole rings is 1. The highest BCUT2D eigenvalue weighted by molar-refractivity contribution is 7.90. The lowest BCUT2D eigenvalue weighted by molar-refractivity contribution is 0.00446. The molecule has 1 aromatic carbocycles. The van der Waals surface area contributed by atoms with E-state index in [0.717, 1.165) is 21.5 Å². The van der Waals surface area contributed by atoms with Crippen LogP contribution >= 0.6 is 11.3 Å². The molecule has 1 aliphatic carbocycles. The number of anilines is 2. The van der Waals surface area contributed by atoms with E-state index in [4.69, 9.17) is 4.98 Å². The molecule has 1 saturated carbocycles. The number of aliphatic hydroxyl groups excluding tert-OH is 3. The fourth-order valence-electron chi connectivity index (χ4n) is 4.94. The number of benzene rings is 1. The van der Waals surface area contributed by atoms with E-state index in [9.17, 15) is 23.7 Å². The van der Waals surface area contributed by atoms with Crippen LogP contribution in [-0.4, -0.2) is 80.8 Å². The van der Waals surface area contributed by atoms with Crippen LogP contribution in [0.1, 0.15) is 23.4 Å². The molecule has 5 rings (SSSR count). The molecule has 1 fully saturated rings. The molecular formula is C27H32N6O5S2. The van der Waals surface area contributed by atoms with Crippen LogP contribution in [0, 0.1) is 19.8 Å². The fraction of sp³-hybridized carbons (Fsp3) is 0.407. The maximum atomic E-state index is 12.7. The highest BCUT2D eigenvalue weighted by Crippen LogP contribution is 2.38. The molecule has 40 heavy (non-hydrogen) atoms. The van der Waals surface area contributed by atoms with E-state index < -0.39 is 34.0 Å². The summed E-state index contributed by atoms with van der Waals surface area (Å²) in [6.45, 7) is 3.56. The van der Waals surface area contributed by atoms with Crippen molar-refractivity contribution < 1.29 is 23.7 Å². The number of nitrogens with zero attached hydrogens (tertiary/aromatic N) is 4. The lowest BCUT2D eigenvalue weighted by Gasteiger charge is -2.21. The average Bonchev–Trinajstić information content (AvgIpc) is 3.46. The van der Waals surface area contributed by atoms with Crippen LogP contribution in [0.25, 0.3) is 20.8 Å². The monoisotopic (exact) mass is 584 g/mol. The molecule has 0 amide bonds. The predicted octanol–water partition coefficient (Wildman–Crippen LogP) is 2.31. The van der Waals surface area contributed by atoms with Gasteiger partial charge in [-0.1, -0.05) is 30.3 Å². The third kappa shape index (κ3) is 6.08. The SMILES string of the molecule is Cc1nc(NCCS(=O)(=O)Cc2ccccc2)nc(NC2C[C@H](CO)[C@@H](O)[C@H]2O)c1-c1nc2c(C)nccc2s1. The van der Waals surface area contributed by atoms with E-state index in [2.05, 4.69) is 25.6 Å². The first-order chi connectivity index (χ1) is 19.1. The van der Waals surface area contributed by atoms with E-state index in [0.29, 0.717) is 28.5 Å². The highest BCUT2D eigenvalue weighted by atomic mass is 32.2. The zero-order valence-corrected chi connectivity index (χ0v) is 23.8. The van der Waals surface area contributed by atoms with Gasteiger partial charge >= 0.3 is 0 Å². The van der Waals surface area contributed by atoms with Gasteiger partial charge in [-0.2, -0.15) is 4.98 Å². The number of fused-ring (bicyclic) bond motifs is 1. The van der Waals surface area contributed by atoms with Gasteiger partial charge in [-0.25, -0.2) is 18.4 Å². The standard InChI is InChI=1S/C27H32N6O5S2/c1-15-21(26-32-22-16(2)28-9-8-20(22)39-26)25(31-19-12-18(13-34)23(35)24(19)36)33-27(30-15)29-10-11-40(37,38)14-17-6-4-3-5-7-17/h3-9,18-19,23-24,34-36H,10-14H2,1-2H3,(H2,29,30,31,33)/t18-,19?,23-,24+/m1/s1. The summed E-state index contributed by atoms with van der Waals surface area (Å²) in [4.78, 5) is 18.4. The van der Waals surface area contributed by atoms with Gasteiger partial charge < -0.3 is 26.0 Å². The van der Waals surface area contributed by atoms with Crippen molar-refractivity contribution in [3.63, 3.8) is 0 Å². The molecule has 4 aromatic rings. The lowest BCUT2D eigenvalue weighted by atomic mass is 10.1. The van der Waals surface area contributed by atoms with Gasteiger partial charge in [-0.05, 0) is 31.9 Å². The van der Waals surface area contributed by atoms with Crippen molar-refractivity contribution in [1.82, 2.24) is 19.9 Å². The van der Waals surface area contributed by atoms with Crippen LogP contribution in [0.3, 0.4) is 0 Å². The Morgan fingerprint density at radius 2 is 1.80 bits per heavy atom. The van der Waals surface area contributed by atoms with Gasteiger partial charge in [0.25, 0.3) is 0 Å². The minimum atomic E-state index is -3.37. The Bertz CT molecular complexity index is 1600. The summed E-state index contributed by atoms with van der Waals surface area (Å²) in [5.74, 6) is -0.0143. The Kier molecular flexibility index (Phi) is 8.29. The second-order valence-electron chi connectivity index (χ2n) is 10.0. The van der Waals surface area contributed by atoms with Crippen molar-refractivity contribution in [3.8, 4) is 10.6 Å². The van der Waals surface area contributed by atoms with Crippen LogP contribution in [0.15, 0.2) is 42.6 Å². The van der Waals surface area contributed by atoms with Crippen LogP contribution in [0.5, 0.6) is 0 Å². The van der Waals surface area contributed by atoms with Gasteiger partial charge in [0.05, 0.1) is 45.3 Å². The topological polar surface area (TPSA) is 170 Å². The maximum Gasteiger partial charge on any atom is 0.224 e. The van der Waals surface area contributed by atoms with Crippen molar-refractivity contribution in [2.24, 2.45) is 5.92 Å². The van der Waals surface area contributed by atoms with Gasteiger partial charge in [0.2, 0.25) is 5.95 Å². The second kappa shape index (κ2) is 11.7. The number of aromatic nitrogens is 4. The number of aryl methyl sites for hydroxylation is 2. The van der Waals surface area contributed by atoms with E-state index in [1.54, 1.807) is 18.3 Å². The summed E-state index contributed by atoms with van der Waals surface area (Å²) in [6, 6.07) is 10.3. The molecule has 3 heterocycles. The smallest absolute Gasteiger partial charge is 0.224 e. The first-order valence-electron chi connectivity index (χ1n) is 13.0. The molecule has 13 heteroatoms. The summed E-state index contributed by atoms with van der Waals surface area (Å²) >= 11 is 1.46. The number of nitrogens with one attached hydrogen (secondary N) is 2. The number of aliphatic hydroxyl groups is 3.